The van der Waals surface area contributed by atoms with Gasteiger partial charge in [0.1, 0.15) is 23.4 Å². The molecule has 0 atom stereocenters. The minimum Gasteiger partial charge on any atom is -0.351 e. The number of amides is 1. The standard InChI is InChI=1S/C15H18N4O/c1-4-5-6-18-15(20)13(9-16)7-12-8-14(10-17)19(3)11(12)2/h7-8H,4-6H2,1-3H3,(H,18,20)/b13-7+. The summed E-state index contributed by atoms with van der Waals surface area (Å²) >= 11 is 0. The van der Waals surface area contributed by atoms with Crippen LogP contribution >= 0.6 is 0 Å². The Morgan fingerprint density at radius 1 is 1.50 bits per heavy atom. The van der Waals surface area contributed by atoms with Gasteiger partial charge in [0.15, 0.2) is 0 Å². The number of rotatable bonds is 5. The quantitative estimate of drug-likeness (QED) is 0.505. The van der Waals surface area contributed by atoms with E-state index in [1.54, 1.807) is 17.7 Å². The van der Waals surface area contributed by atoms with Gasteiger partial charge in [0.05, 0.1) is 0 Å². The number of unbranched alkanes of at least 4 members (excludes halogenated alkanes) is 1. The lowest BCUT2D eigenvalue weighted by atomic mass is 10.1. The number of hydrogen-bond acceptors (Lipinski definition) is 3. The summed E-state index contributed by atoms with van der Waals surface area (Å²) in [6, 6.07) is 5.65. The maximum Gasteiger partial charge on any atom is 0.261 e. The second-order valence-corrected chi connectivity index (χ2v) is 4.52. The minimum absolute atomic E-state index is 0.0549. The van der Waals surface area contributed by atoms with Crippen molar-refractivity contribution in [3.8, 4) is 12.1 Å². The maximum atomic E-state index is 11.9. The van der Waals surface area contributed by atoms with Crippen LogP contribution < -0.4 is 5.32 Å². The van der Waals surface area contributed by atoms with E-state index in [1.165, 1.54) is 6.08 Å². The SMILES string of the molecule is CCCCNC(=O)/C(C#N)=C/c1cc(C#N)n(C)c1C. The lowest BCUT2D eigenvalue weighted by molar-refractivity contribution is -0.117. The fraction of sp³-hybridized carbons (Fsp3) is 0.400. The van der Waals surface area contributed by atoms with E-state index in [1.807, 2.05) is 19.9 Å². The normalized spacial score (nSPS) is 10.8. The Hall–Kier alpha value is -2.53. The molecule has 1 heterocycles. The van der Waals surface area contributed by atoms with Gasteiger partial charge in [-0.2, -0.15) is 10.5 Å². The summed E-state index contributed by atoms with van der Waals surface area (Å²) in [7, 11) is 1.78. The van der Waals surface area contributed by atoms with Gasteiger partial charge in [-0.1, -0.05) is 13.3 Å². The summed E-state index contributed by atoms with van der Waals surface area (Å²) in [4.78, 5) is 11.9. The van der Waals surface area contributed by atoms with Gasteiger partial charge in [-0.15, -0.1) is 0 Å². The fourth-order valence-corrected chi connectivity index (χ4v) is 1.75. The van der Waals surface area contributed by atoms with Gasteiger partial charge in [-0.3, -0.25) is 4.79 Å². The first kappa shape index (κ1) is 15.5. The molecule has 1 aromatic heterocycles. The van der Waals surface area contributed by atoms with Crippen LogP contribution in [-0.4, -0.2) is 17.0 Å². The molecule has 5 heteroatoms. The Morgan fingerprint density at radius 3 is 2.70 bits per heavy atom. The van der Waals surface area contributed by atoms with Crippen LogP contribution in [0.15, 0.2) is 11.6 Å². The molecule has 20 heavy (non-hydrogen) atoms. The van der Waals surface area contributed by atoms with Crippen LogP contribution in [0.1, 0.15) is 36.7 Å². The molecule has 5 nitrogen and oxygen atoms in total. The van der Waals surface area contributed by atoms with Crippen LogP contribution in [0.2, 0.25) is 0 Å². The predicted octanol–water partition coefficient (Wildman–Crippen LogP) is 2.03. The highest BCUT2D eigenvalue weighted by molar-refractivity contribution is 6.01. The highest BCUT2D eigenvalue weighted by Gasteiger charge is 2.12. The molecule has 0 bridgehead atoms. The molecule has 1 N–H and O–H groups in total. The smallest absolute Gasteiger partial charge is 0.261 e. The van der Waals surface area contributed by atoms with Crippen LogP contribution in [0.25, 0.3) is 6.08 Å². The highest BCUT2D eigenvalue weighted by Crippen LogP contribution is 2.16. The summed E-state index contributed by atoms with van der Waals surface area (Å²) in [6.07, 6.45) is 3.39. The van der Waals surface area contributed by atoms with E-state index in [2.05, 4.69) is 11.4 Å². The first-order valence-corrected chi connectivity index (χ1v) is 6.51. The minimum atomic E-state index is -0.372. The number of carbonyl (C=O) groups is 1. The van der Waals surface area contributed by atoms with Gasteiger partial charge in [-0.05, 0) is 31.1 Å². The molecule has 0 unspecified atom stereocenters. The molecule has 1 amide bonds. The van der Waals surface area contributed by atoms with E-state index in [-0.39, 0.29) is 11.5 Å². The monoisotopic (exact) mass is 270 g/mol. The van der Waals surface area contributed by atoms with E-state index in [9.17, 15) is 4.79 Å². The molecule has 0 fully saturated rings. The van der Waals surface area contributed by atoms with Gasteiger partial charge >= 0.3 is 0 Å². The van der Waals surface area contributed by atoms with Crippen molar-refractivity contribution >= 4 is 12.0 Å². The largest absolute Gasteiger partial charge is 0.351 e. The Balaban J connectivity index is 2.99. The van der Waals surface area contributed by atoms with Gasteiger partial charge in [0.25, 0.3) is 5.91 Å². The van der Waals surface area contributed by atoms with Crippen molar-refractivity contribution < 1.29 is 4.79 Å². The van der Waals surface area contributed by atoms with Gasteiger partial charge in [-0.25, -0.2) is 0 Å². The first-order valence-electron chi connectivity index (χ1n) is 6.51. The molecule has 0 radical (unpaired) electrons. The van der Waals surface area contributed by atoms with Crippen molar-refractivity contribution in [1.29, 1.82) is 10.5 Å². The molecule has 0 aliphatic carbocycles. The van der Waals surface area contributed by atoms with Crippen LogP contribution in [0, 0.1) is 29.6 Å². The third kappa shape index (κ3) is 3.49. The van der Waals surface area contributed by atoms with Gasteiger partial charge in [0.2, 0.25) is 0 Å². The molecule has 0 saturated carbocycles. The van der Waals surface area contributed by atoms with E-state index >= 15 is 0 Å². The van der Waals surface area contributed by atoms with Crippen molar-refractivity contribution in [3.05, 3.63) is 28.6 Å². The third-order valence-electron chi connectivity index (χ3n) is 3.17. The Kier molecular flexibility index (Phi) is 5.56. The zero-order valence-corrected chi connectivity index (χ0v) is 12.0. The molecular weight excluding hydrogens is 252 g/mol. The molecule has 0 saturated heterocycles. The molecule has 0 aliphatic heterocycles. The summed E-state index contributed by atoms with van der Waals surface area (Å²) in [6.45, 7) is 4.44. The Bertz CT molecular complexity index is 611. The molecule has 0 spiro atoms. The summed E-state index contributed by atoms with van der Waals surface area (Å²) in [5, 5.41) is 20.8. The third-order valence-corrected chi connectivity index (χ3v) is 3.17. The number of carbonyl (C=O) groups excluding carboxylic acids is 1. The van der Waals surface area contributed by atoms with Crippen molar-refractivity contribution in [2.75, 3.05) is 6.54 Å². The predicted molar refractivity (Wildman–Crippen MR) is 76.4 cm³/mol. The number of aromatic nitrogens is 1. The van der Waals surface area contributed by atoms with Crippen molar-refractivity contribution in [2.45, 2.75) is 26.7 Å². The van der Waals surface area contributed by atoms with E-state index in [0.717, 1.165) is 18.5 Å². The molecule has 1 rings (SSSR count). The molecule has 1 aromatic rings. The second kappa shape index (κ2) is 7.16. The Labute approximate surface area is 119 Å². The average Bonchev–Trinajstić information content (AvgIpc) is 2.72. The lowest BCUT2D eigenvalue weighted by Crippen LogP contribution is -2.25. The zero-order valence-electron chi connectivity index (χ0n) is 12.0. The van der Waals surface area contributed by atoms with Crippen molar-refractivity contribution in [3.63, 3.8) is 0 Å². The second-order valence-electron chi connectivity index (χ2n) is 4.52. The van der Waals surface area contributed by atoms with E-state index in [0.29, 0.717) is 17.8 Å². The van der Waals surface area contributed by atoms with Gasteiger partial charge < -0.3 is 9.88 Å². The fourth-order valence-electron chi connectivity index (χ4n) is 1.75. The number of nitrogens with one attached hydrogen (secondary N) is 1. The number of hydrogen-bond donors (Lipinski definition) is 1. The van der Waals surface area contributed by atoms with Crippen LogP contribution in [0.5, 0.6) is 0 Å². The molecule has 0 aliphatic rings. The first-order chi connectivity index (χ1) is 9.54. The van der Waals surface area contributed by atoms with Crippen LogP contribution in [0.3, 0.4) is 0 Å². The number of nitriles is 2. The highest BCUT2D eigenvalue weighted by atomic mass is 16.1. The number of nitrogens with zero attached hydrogens (tertiary/aromatic N) is 3. The van der Waals surface area contributed by atoms with Crippen molar-refractivity contribution in [2.24, 2.45) is 7.05 Å². The summed E-state index contributed by atoms with van der Waals surface area (Å²) in [5.74, 6) is -0.372. The topological polar surface area (TPSA) is 81.6 Å². The van der Waals surface area contributed by atoms with E-state index < -0.39 is 0 Å². The molecular formula is C15H18N4O. The molecule has 0 aromatic carbocycles. The Morgan fingerprint density at radius 2 is 2.20 bits per heavy atom. The zero-order chi connectivity index (χ0) is 15.1. The van der Waals surface area contributed by atoms with Crippen molar-refractivity contribution in [1.82, 2.24) is 9.88 Å². The van der Waals surface area contributed by atoms with Crippen LogP contribution in [-0.2, 0) is 11.8 Å². The van der Waals surface area contributed by atoms with E-state index in [4.69, 9.17) is 10.5 Å². The summed E-state index contributed by atoms with van der Waals surface area (Å²) < 4.78 is 1.73. The maximum absolute atomic E-state index is 11.9. The lowest BCUT2D eigenvalue weighted by Gasteiger charge is -2.03. The molecule has 104 valence electrons. The average molecular weight is 270 g/mol. The van der Waals surface area contributed by atoms with Crippen LogP contribution in [0.4, 0.5) is 0 Å². The summed E-state index contributed by atoms with van der Waals surface area (Å²) in [5.41, 5.74) is 2.11. The van der Waals surface area contributed by atoms with Gasteiger partial charge in [0, 0.05) is 19.3 Å².